The average molecular weight is 478 g/mol. The Hall–Kier alpha value is -4.46. The maximum atomic E-state index is 12.9. The van der Waals surface area contributed by atoms with Crippen LogP contribution in [-0.4, -0.2) is 47.3 Å². The number of carbonyl (C=O) groups excluding carboxylic acids is 2. The smallest absolute Gasteiger partial charge is 0.343 e. The Labute approximate surface area is 203 Å². The predicted octanol–water partition coefficient (Wildman–Crippen LogP) is 4.84. The van der Waals surface area contributed by atoms with Gasteiger partial charge in [0.25, 0.3) is 0 Å². The number of hydrogen-bond acceptors (Lipinski definition) is 8. The lowest BCUT2D eigenvalue weighted by Crippen LogP contribution is -2.10. The number of benzene rings is 3. The molecular formula is C27H26O8. The van der Waals surface area contributed by atoms with Crippen LogP contribution in [0.3, 0.4) is 0 Å². The molecule has 0 unspecified atom stereocenters. The Kier molecular flexibility index (Phi) is 8.34. The predicted molar refractivity (Wildman–Crippen MR) is 130 cm³/mol. The van der Waals surface area contributed by atoms with Gasteiger partial charge >= 0.3 is 5.97 Å². The lowest BCUT2D eigenvalue weighted by molar-refractivity contribution is 0.0733. The highest BCUT2D eigenvalue weighted by atomic mass is 16.5. The molecule has 0 atom stereocenters. The molecule has 0 aliphatic rings. The third kappa shape index (κ3) is 5.73. The van der Waals surface area contributed by atoms with Crippen LogP contribution in [-0.2, 0) is 0 Å². The summed E-state index contributed by atoms with van der Waals surface area (Å²) in [7, 11) is 7.40. The van der Waals surface area contributed by atoms with Crippen LogP contribution in [0.5, 0.6) is 34.5 Å². The second kappa shape index (κ2) is 11.6. The molecule has 0 fully saturated rings. The van der Waals surface area contributed by atoms with Gasteiger partial charge in [-0.3, -0.25) is 4.79 Å². The fraction of sp³-hybridized carbons (Fsp3) is 0.185. The Morgan fingerprint density at radius 3 is 1.94 bits per heavy atom. The summed E-state index contributed by atoms with van der Waals surface area (Å²) in [5.41, 5.74) is 1.08. The van der Waals surface area contributed by atoms with E-state index in [0.29, 0.717) is 39.9 Å². The molecule has 0 aliphatic heterocycles. The minimum Gasteiger partial charge on any atom is -0.497 e. The van der Waals surface area contributed by atoms with Gasteiger partial charge in [0.1, 0.15) is 17.2 Å². The van der Waals surface area contributed by atoms with Gasteiger partial charge in [-0.2, -0.15) is 0 Å². The molecule has 0 spiro atoms. The van der Waals surface area contributed by atoms with Crippen molar-refractivity contribution < 1.29 is 38.0 Å². The van der Waals surface area contributed by atoms with Gasteiger partial charge in [-0.05, 0) is 48.6 Å². The number of hydrogen-bond donors (Lipinski definition) is 0. The molecule has 3 aromatic carbocycles. The van der Waals surface area contributed by atoms with Crippen LogP contribution in [0.2, 0.25) is 0 Å². The van der Waals surface area contributed by atoms with Gasteiger partial charge < -0.3 is 28.4 Å². The highest BCUT2D eigenvalue weighted by molar-refractivity contribution is 6.09. The summed E-state index contributed by atoms with van der Waals surface area (Å²) in [5, 5.41) is 0. The summed E-state index contributed by atoms with van der Waals surface area (Å²) in [6.07, 6.45) is 2.95. The van der Waals surface area contributed by atoms with E-state index in [2.05, 4.69) is 0 Å². The first-order valence-electron chi connectivity index (χ1n) is 10.5. The first-order valence-corrected chi connectivity index (χ1v) is 10.5. The van der Waals surface area contributed by atoms with Crippen molar-refractivity contribution in [3.05, 3.63) is 77.4 Å². The number of ether oxygens (including phenoxy) is 6. The molecule has 3 aromatic rings. The number of para-hydroxylation sites is 1. The van der Waals surface area contributed by atoms with Gasteiger partial charge in [-0.25, -0.2) is 4.79 Å². The summed E-state index contributed by atoms with van der Waals surface area (Å²) < 4.78 is 32.0. The zero-order chi connectivity index (χ0) is 25.4. The van der Waals surface area contributed by atoms with Crippen LogP contribution in [0, 0.1) is 0 Å². The van der Waals surface area contributed by atoms with Crippen molar-refractivity contribution in [2.75, 3.05) is 35.5 Å². The third-order valence-electron chi connectivity index (χ3n) is 5.11. The van der Waals surface area contributed by atoms with Crippen LogP contribution in [0.25, 0.3) is 6.08 Å². The van der Waals surface area contributed by atoms with Gasteiger partial charge in [0.15, 0.2) is 17.3 Å². The Morgan fingerprint density at radius 1 is 0.686 bits per heavy atom. The standard InChI is InChI=1S/C27H26O8/c1-30-19-11-13-23(31-2)20(16-19)21(28)12-10-17-8-6-7-9-22(17)35-27(29)18-14-24(32-3)26(34-5)25(15-18)33-4/h6-16H,1-5H3/b12-10+. The van der Waals surface area contributed by atoms with E-state index >= 15 is 0 Å². The van der Waals surface area contributed by atoms with E-state index < -0.39 is 5.97 Å². The fourth-order valence-electron chi connectivity index (χ4n) is 3.33. The monoisotopic (exact) mass is 478 g/mol. The van der Waals surface area contributed by atoms with Crippen LogP contribution >= 0.6 is 0 Å². The summed E-state index contributed by atoms with van der Waals surface area (Å²) in [6.45, 7) is 0. The average Bonchev–Trinajstić information content (AvgIpc) is 2.90. The highest BCUT2D eigenvalue weighted by Crippen LogP contribution is 2.38. The van der Waals surface area contributed by atoms with Crippen LogP contribution in [0.4, 0.5) is 0 Å². The summed E-state index contributed by atoms with van der Waals surface area (Å²) in [6, 6.07) is 14.8. The molecule has 0 aliphatic carbocycles. The van der Waals surface area contributed by atoms with Crippen molar-refractivity contribution in [3.8, 4) is 34.5 Å². The van der Waals surface area contributed by atoms with Gasteiger partial charge in [-0.1, -0.05) is 18.2 Å². The fourth-order valence-corrected chi connectivity index (χ4v) is 3.33. The largest absolute Gasteiger partial charge is 0.497 e. The normalized spacial score (nSPS) is 10.5. The number of methoxy groups -OCH3 is 5. The zero-order valence-corrected chi connectivity index (χ0v) is 20.1. The van der Waals surface area contributed by atoms with Crippen molar-refractivity contribution in [2.45, 2.75) is 0 Å². The molecule has 0 amide bonds. The van der Waals surface area contributed by atoms with Gasteiger partial charge in [0.05, 0.1) is 46.7 Å². The number of esters is 1. The van der Waals surface area contributed by atoms with Crippen LogP contribution < -0.4 is 28.4 Å². The summed E-state index contributed by atoms with van der Waals surface area (Å²) in [4.78, 5) is 25.8. The quantitative estimate of drug-likeness (QED) is 0.177. The van der Waals surface area contributed by atoms with Crippen molar-refractivity contribution in [1.29, 1.82) is 0 Å². The maximum Gasteiger partial charge on any atom is 0.343 e. The van der Waals surface area contributed by atoms with E-state index in [9.17, 15) is 9.59 Å². The summed E-state index contributed by atoms with van der Waals surface area (Å²) >= 11 is 0. The number of ketones is 1. The minimum atomic E-state index is -0.633. The summed E-state index contributed by atoms with van der Waals surface area (Å²) in [5.74, 6) is 1.30. The Bertz CT molecular complexity index is 1220. The van der Waals surface area contributed by atoms with E-state index in [1.807, 2.05) is 0 Å². The van der Waals surface area contributed by atoms with Crippen molar-refractivity contribution in [1.82, 2.24) is 0 Å². The number of rotatable bonds is 10. The molecule has 182 valence electrons. The Morgan fingerprint density at radius 2 is 1.34 bits per heavy atom. The van der Waals surface area contributed by atoms with E-state index in [-0.39, 0.29) is 17.1 Å². The van der Waals surface area contributed by atoms with Crippen LogP contribution in [0.1, 0.15) is 26.3 Å². The lowest BCUT2D eigenvalue weighted by atomic mass is 10.1. The molecular weight excluding hydrogens is 452 g/mol. The van der Waals surface area contributed by atoms with Crippen LogP contribution in [0.15, 0.2) is 60.7 Å². The SMILES string of the molecule is COc1ccc(OC)c(C(=O)/C=C/c2ccccc2OC(=O)c2cc(OC)c(OC)c(OC)c2)c1. The van der Waals surface area contributed by atoms with Crippen molar-refractivity contribution in [3.63, 3.8) is 0 Å². The molecule has 3 rings (SSSR count). The molecule has 8 heteroatoms. The highest BCUT2D eigenvalue weighted by Gasteiger charge is 2.19. The van der Waals surface area contributed by atoms with Crippen molar-refractivity contribution >= 4 is 17.8 Å². The minimum absolute atomic E-state index is 0.204. The molecule has 0 N–H and O–H groups in total. The molecule has 0 radical (unpaired) electrons. The molecule has 0 saturated carbocycles. The van der Waals surface area contributed by atoms with Gasteiger partial charge in [-0.15, -0.1) is 0 Å². The number of allylic oxidation sites excluding steroid dienone is 1. The third-order valence-corrected chi connectivity index (χ3v) is 5.11. The zero-order valence-electron chi connectivity index (χ0n) is 20.1. The number of carbonyl (C=O) groups is 2. The van der Waals surface area contributed by atoms with E-state index in [0.717, 1.165) is 0 Å². The maximum absolute atomic E-state index is 12.9. The van der Waals surface area contributed by atoms with E-state index in [4.69, 9.17) is 28.4 Å². The van der Waals surface area contributed by atoms with Gasteiger partial charge in [0.2, 0.25) is 5.75 Å². The molecule has 0 heterocycles. The topological polar surface area (TPSA) is 89.5 Å². The second-order valence-corrected chi connectivity index (χ2v) is 7.11. The second-order valence-electron chi connectivity index (χ2n) is 7.11. The van der Waals surface area contributed by atoms with E-state index in [1.54, 1.807) is 48.5 Å². The molecule has 0 aromatic heterocycles. The molecule has 8 nitrogen and oxygen atoms in total. The molecule has 35 heavy (non-hydrogen) atoms. The lowest BCUT2D eigenvalue weighted by Gasteiger charge is -2.14. The first kappa shape index (κ1) is 25.2. The Balaban J connectivity index is 1.87. The van der Waals surface area contributed by atoms with Gasteiger partial charge in [0, 0.05) is 5.56 Å². The first-order chi connectivity index (χ1) is 16.9. The molecule has 0 saturated heterocycles. The van der Waals surface area contributed by atoms with Crippen molar-refractivity contribution in [2.24, 2.45) is 0 Å². The molecule has 0 bridgehead atoms. The van der Waals surface area contributed by atoms with E-state index in [1.165, 1.54) is 53.8 Å².